The molecule has 7 heteroatoms. The summed E-state index contributed by atoms with van der Waals surface area (Å²) in [5.41, 5.74) is 3.94. The average molecular weight is 504 g/mol. The fourth-order valence-electron chi connectivity index (χ4n) is 3.73. The molecule has 0 aromatic heterocycles. The zero-order chi connectivity index (χ0) is 25.5. The molecule has 36 heavy (non-hydrogen) atoms. The highest BCUT2D eigenvalue weighted by Gasteiger charge is 2.35. The highest BCUT2D eigenvalue weighted by atomic mass is 32.2. The quantitative estimate of drug-likeness (QED) is 0.236. The summed E-state index contributed by atoms with van der Waals surface area (Å²) < 4.78 is 17.4. The van der Waals surface area contributed by atoms with Gasteiger partial charge in [0.15, 0.2) is 11.5 Å². The van der Waals surface area contributed by atoms with Crippen LogP contribution < -0.4 is 14.2 Å². The molecule has 1 aliphatic rings. The Kier molecular flexibility index (Phi) is 8.33. The largest absolute Gasteiger partial charge is 0.490 e. The highest BCUT2D eigenvalue weighted by molar-refractivity contribution is 8.18. The lowest BCUT2D eigenvalue weighted by molar-refractivity contribution is -0.123. The molecular weight excluding hydrogens is 474 g/mol. The first kappa shape index (κ1) is 25.4. The van der Waals surface area contributed by atoms with Crippen LogP contribution in [0.2, 0.25) is 0 Å². The highest BCUT2D eigenvalue weighted by Crippen LogP contribution is 2.35. The van der Waals surface area contributed by atoms with Crippen molar-refractivity contribution in [1.82, 2.24) is 4.90 Å². The van der Waals surface area contributed by atoms with Gasteiger partial charge in [-0.1, -0.05) is 53.6 Å². The first-order valence-corrected chi connectivity index (χ1v) is 12.6. The van der Waals surface area contributed by atoms with Gasteiger partial charge in [-0.05, 0) is 74.0 Å². The van der Waals surface area contributed by atoms with Crippen molar-refractivity contribution < 1.29 is 23.8 Å². The van der Waals surface area contributed by atoms with Gasteiger partial charge in [-0.2, -0.15) is 0 Å². The van der Waals surface area contributed by atoms with E-state index >= 15 is 0 Å². The van der Waals surface area contributed by atoms with Crippen LogP contribution in [-0.2, 0) is 11.3 Å². The van der Waals surface area contributed by atoms with Crippen LogP contribution >= 0.6 is 11.8 Å². The zero-order valence-corrected chi connectivity index (χ0v) is 21.5. The molecule has 2 amide bonds. The number of thioether (sulfide) groups is 1. The van der Waals surface area contributed by atoms with Gasteiger partial charge in [0.25, 0.3) is 11.1 Å². The molecule has 0 N–H and O–H groups in total. The van der Waals surface area contributed by atoms with E-state index in [9.17, 15) is 9.59 Å². The molecule has 1 heterocycles. The second-order valence-electron chi connectivity index (χ2n) is 8.41. The number of hydrogen-bond donors (Lipinski definition) is 0. The first-order chi connectivity index (χ1) is 17.4. The Hall–Kier alpha value is -3.71. The number of rotatable bonds is 10. The third kappa shape index (κ3) is 6.49. The fourth-order valence-corrected chi connectivity index (χ4v) is 4.57. The Labute approximate surface area is 215 Å². The van der Waals surface area contributed by atoms with Gasteiger partial charge in [0.1, 0.15) is 19.0 Å². The van der Waals surface area contributed by atoms with Crippen molar-refractivity contribution in [2.45, 2.75) is 27.3 Å². The van der Waals surface area contributed by atoms with Crippen molar-refractivity contribution in [3.63, 3.8) is 0 Å². The van der Waals surface area contributed by atoms with Gasteiger partial charge in [0, 0.05) is 0 Å². The van der Waals surface area contributed by atoms with Gasteiger partial charge < -0.3 is 14.2 Å². The number of nitrogens with zero attached hydrogens (tertiary/aromatic N) is 1. The van der Waals surface area contributed by atoms with Gasteiger partial charge in [-0.25, -0.2) is 0 Å². The Bertz CT molecular complexity index is 1270. The van der Waals surface area contributed by atoms with Crippen molar-refractivity contribution in [3.05, 3.63) is 93.9 Å². The van der Waals surface area contributed by atoms with E-state index in [1.54, 1.807) is 12.1 Å². The van der Waals surface area contributed by atoms with Crippen LogP contribution in [0.15, 0.2) is 71.6 Å². The van der Waals surface area contributed by atoms with Crippen molar-refractivity contribution in [2.24, 2.45) is 0 Å². The summed E-state index contributed by atoms with van der Waals surface area (Å²) in [4.78, 5) is 27.1. The number of carbonyl (C=O) groups is 2. The first-order valence-electron chi connectivity index (χ1n) is 11.8. The number of carbonyl (C=O) groups excluding carboxylic acids is 2. The van der Waals surface area contributed by atoms with E-state index in [1.165, 1.54) is 10.5 Å². The minimum absolute atomic E-state index is 0.255. The Morgan fingerprint density at radius 3 is 2.36 bits per heavy atom. The van der Waals surface area contributed by atoms with E-state index in [0.29, 0.717) is 36.2 Å². The molecule has 6 nitrogen and oxygen atoms in total. The monoisotopic (exact) mass is 503 g/mol. The van der Waals surface area contributed by atoms with Gasteiger partial charge in [-0.3, -0.25) is 14.5 Å². The SMILES string of the molecule is CCOc1cc(/C=C2\SC(=O)N(Cc3cccc(C)c3)C2=O)ccc1OCCOc1ccc(C)cc1. The number of aryl methyl sites for hydroxylation is 2. The molecule has 3 aromatic rings. The molecular formula is C29H29NO5S. The molecule has 0 bridgehead atoms. The van der Waals surface area contributed by atoms with Gasteiger partial charge in [0.2, 0.25) is 0 Å². The zero-order valence-electron chi connectivity index (χ0n) is 20.7. The number of ether oxygens (including phenoxy) is 3. The summed E-state index contributed by atoms with van der Waals surface area (Å²) in [6.07, 6.45) is 1.72. The molecule has 0 spiro atoms. The van der Waals surface area contributed by atoms with Gasteiger partial charge in [0.05, 0.1) is 18.1 Å². The Morgan fingerprint density at radius 2 is 1.61 bits per heavy atom. The normalized spacial score (nSPS) is 14.4. The second kappa shape index (κ2) is 11.8. The summed E-state index contributed by atoms with van der Waals surface area (Å²) in [6, 6.07) is 21.1. The van der Waals surface area contributed by atoms with Gasteiger partial charge in [-0.15, -0.1) is 0 Å². The smallest absolute Gasteiger partial charge is 0.293 e. The van der Waals surface area contributed by atoms with Crippen molar-refractivity contribution in [2.75, 3.05) is 19.8 Å². The maximum Gasteiger partial charge on any atom is 0.293 e. The second-order valence-corrected chi connectivity index (χ2v) is 9.40. The summed E-state index contributed by atoms with van der Waals surface area (Å²) in [5, 5.41) is -0.272. The van der Waals surface area contributed by atoms with Crippen LogP contribution in [0.5, 0.6) is 17.2 Å². The van der Waals surface area contributed by atoms with Crippen LogP contribution in [0.3, 0.4) is 0 Å². The number of benzene rings is 3. The molecule has 0 aliphatic carbocycles. The molecule has 1 saturated heterocycles. The lowest BCUT2D eigenvalue weighted by atomic mass is 10.1. The van der Waals surface area contributed by atoms with E-state index in [4.69, 9.17) is 14.2 Å². The van der Waals surface area contributed by atoms with E-state index in [2.05, 4.69) is 0 Å². The molecule has 1 aliphatic heterocycles. The van der Waals surface area contributed by atoms with Crippen molar-refractivity contribution >= 4 is 29.0 Å². The molecule has 3 aromatic carbocycles. The van der Waals surface area contributed by atoms with E-state index < -0.39 is 0 Å². The molecule has 0 saturated carbocycles. The van der Waals surface area contributed by atoms with Crippen molar-refractivity contribution in [1.29, 1.82) is 0 Å². The minimum atomic E-state index is -0.293. The van der Waals surface area contributed by atoms with Crippen LogP contribution in [0.25, 0.3) is 6.08 Å². The fraction of sp³-hybridized carbons (Fsp3) is 0.241. The average Bonchev–Trinajstić information content (AvgIpc) is 3.11. The predicted octanol–water partition coefficient (Wildman–Crippen LogP) is 6.40. The number of amides is 2. The molecule has 4 rings (SSSR count). The van der Waals surface area contributed by atoms with E-state index in [1.807, 2.05) is 81.4 Å². The summed E-state index contributed by atoms with van der Waals surface area (Å²) in [6.45, 7) is 7.38. The third-order valence-electron chi connectivity index (χ3n) is 5.49. The minimum Gasteiger partial charge on any atom is -0.490 e. The number of hydrogen-bond acceptors (Lipinski definition) is 6. The molecule has 0 radical (unpaired) electrons. The van der Waals surface area contributed by atoms with E-state index in [-0.39, 0.29) is 17.7 Å². The standard InChI is InChI=1S/C29H29NO5S/c1-4-33-26-17-22(10-13-25(26)35-15-14-34-24-11-8-20(2)9-12-24)18-27-28(31)30(29(32)36-27)19-23-7-5-6-21(3)16-23/h5-13,16-18H,4,14-15,19H2,1-3H3/b27-18-. The van der Waals surface area contributed by atoms with E-state index in [0.717, 1.165) is 34.2 Å². The molecule has 0 unspecified atom stereocenters. The molecule has 186 valence electrons. The predicted molar refractivity (Wildman–Crippen MR) is 142 cm³/mol. The number of imide groups is 1. The Morgan fingerprint density at radius 1 is 0.833 bits per heavy atom. The summed E-state index contributed by atoms with van der Waals surface area (Å²) in [7, 11) is 0. The molecule has 1 fully saturated rings. The van der Waals surface area contributed by atoms with Gasteiger partial charge >= 0.3 is 0 Å². The summed E-state index contributed by atoms with van der Waals surface area (Å²) in [5.74, 6) is 1.66. The Balaban J connectivity index is 1.41. The maximum atomic E-state index is 12.9. The lowest BCUT2D eigenvalue weighted by Crippen LogP contribution is -2.27. The maximum absolute atomic E-state index is 12.9. The summed E-state index contributed by atoms with van der Waals surface area (Å²) >= 11 is 0.949. The van der Waals surface area contributed by atoms with Crippen LogP contribution in [0, 0.1) is 13.8 Å². The lowest BCUT2D eigenvalue weighted by Gasteiger charge is -2.14. The topological polar surface area (TPSA) is 65.1 Å². The van der Waals surface area contributed by atoms with Crippen molar-refractivity contribution in [3.8, 4) is 17.2 Å². The third-order valence-corrected chi connectivity index (χ3v) is 6.40. The van der Waals surface area contributed by atoms with Crippen LogP contribution in [0.1, 0.15) is 29.2 Å². The molecule has 0 atom stereocenters. The van der Waals surface area contributed by atoms with Crippen LogP contribution in [0.4, 0.5) is 4.79 Å². The van der Waals surface area contributed by atoms with Crippen LogP contribution in [-0.4, -0.2) is 35.9 Å².